The van der Waals surface area contributed by atoms with E-state index in [0.717, 1.165) is 0 Å². The topological polar surface area (TPSA) is 84.2 Å². The van der Waals surface area contributed by atoms with E-state index >= 15 is 0 Å². The lowest BCUT2D eigenvalue weighted by molar-refractivity contribution is 0.102. The molecule has 0 atom stereocenters. The quantitative estimate of drug-likeness (QED) is 0.790. The highest BCUT2D eigenvalue weighted by molar-refractivity contribution is 7.92. The monoisotopic (exact) mass is 315 g/mol. The molecule has 0 N–H and O–H groups in total. The fourth-order valence-corrected chi connectivity index (χ4v) is 3.08. The van der Waals surface area contributed by atoms with Gasteiger partial charge in [-0.3, -0.25) is 4.79 Å². The minimum atomic E-state index is -3.72. The molecule has 22 heavy (non-hydrogen) atoms. The third-order valence-electron chi connectivity index (χ3n) is 3.08. The van der Waals surface area contributed by atoms with Crippen molar-refractivity contribution >= 4 is 15.6 Å². The molecule has 0 spiro atoms. The maximum Gasteiger partial charge on any atom is 0.185 e. The van der Waals surface area contributed by atoms with Crippen molar-refractivity contribution in [2.24, 2.45) is 0 Å². The summed E-state index contributed by atoms with van der Waals surface area (Å²) in [5.74, 6) is -0.594. The van der Waals surface area contributed by atoms with Crippen LogP contribution in [-0.4, -0.2) is 27.1 Å². The van der Waals surface area contributed by atoms with E-state index in [1.54, 1.807) is 0 Å². The largest absolute Gasteiger partial charge is 0.497 e. The summed E-state index contributed by atoms with van der Waals surface area (Å²) in [5, 5.41) is 8.70. The van der Waals surface area contributed by atoms with Crippen LogP contribution in [0.4, 0.5) is 0 Å². The highest BCUT2D eigenvalue weighted by atomic mass is 32.2. The van der Waals surface area contributed by atoms with Gasteiger partial charge in [0.25, 0.3) is 0 Å². The van der Waals surface area contributed by atoms with Gasteiger partial charge in [-0.1, -0.05) is 12.1 Å². The van der Waals surface area contributed by atoms with Crippen LogP contribution in [0.2, 0.25) is 0 Å². The van der Waals surface area contributed by atoms with Gasteiger partial charge in [-0.2, -0.15) is 5.26 Å². The molecule has 0 aliphatic carbocycles. The summed E-state index contributed by atoms with van der Waals surface area (Å²) in [6, 6.07) is 13.7. The Morgan fingerprint density at radius 2 is 1.68 bits per heavy atom. The Kier molecular flexibility index (Phi) is 4.59. The number of carbonyl (C=O) groups excluding carboxylic acids is 1. The molecule has 112 valence electrons. The van der Waals surface area contributed by atoms with Gasteiger partial charge in [0.05, 0.1) is 23.6 Å². The number of nitrogens with zero attached hydrogens (tertiary/aromatic N) is 1. The number of carbonyl (C=O) groups is 1. The van der Waals surface area contributed by atoms with Crippen LogP contribution < -0.4 is 4.74 Å². The third-order valence-corrected chi connectivity index (χ3v) is 4.71. The second-order valence-electron chi connectivity index (χ2n) is 4.55. The van der Waals surface area contributed by atoms with Crippen LogP contribution in [0.25, 0.3) is 0 Å². The molecule has 2 aromatic rings. The van der Waals surface area contributed by atoms with Gasteiger partial charge in [-0.25, -0.2) is 8.42 Å². The van der Waals surface area contributed by atoms with Gasteiger partial charge in [0.2, 0.25) is 0 Å². The van der Waals surface area contributed by atoms with Crippen LogP contribution in [0.5, 0.6) is 5.75 Å². The number of benzene rings is 2. The molecule has 0 aliphatic rings. The van der Waals surface area contributed by atoms with Gasteiger partial charge in [0.1, 0.15) is 11.5 Å². The molecule has 0 saturated heterocycles. The number of rotatable bonds is 5. The van der Waals surface area contributed by atoms with Crippen LogP contribution in [0.15, 0.2) is 53.4 Å². The maximum absolute atomic E-state index is 12.2. The van der Waals surface area contributed by atoms with Crippen LogP contribution in [0.3, 0.4) is 0 Å². The SMILES string of the molecule is COc1ccc(S(=O)(=O)CC(=O)c2ccc(C#N)cc2)cc1. The van der Waals surface area contributed by atoms with Crippen LogP contribution in [0, 0.1) is 11.3 Å². The number of methoxy groups -OCH3 is 1. The normalized spacial score (nSPS) is 10.7. The number of nitriles is 1. The molecule has 0 fully saturated rings. The first-order valence-corrected chi connectivity index (χ1v) is 8.01. The highest BCUT2D eigenvalue weighted by Crippen LogP contribution is 2.18. The number of Topliss-reactive ketones (excluding diaryl/α,β-unsaturated/α-hetero) is 1. The molecule has 0 aromatic heterocycles. The third kappa shape index (κ3) is 3.51. The Bertz CT molecular complexity index is 816. The van der Waals surface area contributed by atoms with Crippen LogP contribution in [0.1, 0.15) is 15.9 Å². The molecule has 2 rings (SSSR count). The summed E-state index contributed by atoms with van der Waals surface area (Å²) in [6.07, 6.45) is 0. The Morgan fingerprint density at radius 1 is 1.09 bits per heavy atom. The van der Waals surface area contributed by atoms with E-state index in [0.29, 0.717) is 11.3 Å². The molecule has 6 heteroatoms. The smallest absolute Gasteiger partial charge is 0.185 e. The van der Waals surface area contributed by atoms with Crippen molar-refractivity contribution in [3.8, 4) is 11.8 Å². The van der Waals surface area contributed by atoms with E-state index in [2.05, 4.69) is 0 Å². The van der Waals surface area contributed by atoms with Gasteiger partial charge in [0, 0.05) is 5.56 Å². The predicted octanol–water partition coefficient (Wildman–Crippen LogP) is 2.22. The minimum Gasteiger partial charge on any atom is -0.497 e. The highest BCUT2D eigenvalue weighted by Gasteiger charge is 2.20. The molecule has 0 radical (unpaired) electrons. The second kappa shape index (κ2) is 6.41. The van der Waals surface area contributed by atoms with Crippen LogP contribution in [-0.2, 0) is 9.84 Å². The average Bonchev–Trinajstić information content (AvgIpc) is 2.54. The molecule has 0 saturated carbocycles. The molecule has 0 bridgehead atoms. The summed E-state index contributed by atoms with van der Waals surface area (Å²) in [4.78, 5) is 12.1. The van der Waals surface area contributed by atoms with Gasteiger partial charge < -0.3 is 4.74 Å². The lowest BCUT2D eigenvalue weighted by Gasteiger charge is -2.05. The maximum atomic E-state index is 12.2. The van der Waals surface area contributed by atoms with E-state index < -0.39 is 21.4 Å². The van der Waals surface area contributed by atoms with Crippen molar-refractivity contribution < 1.29 is 17.9 Å². The lowest BCUT2D eigenvalue weighted by Crippen LogP contribution is -2.16. The molecule has 2 aromatic carbocycles. The van der Waals surface area contributed by atoms with E-state index in [1.807, 2.05) is 6.07 Å². The summed E-state index contributed by atoms with van der Waals surface area (Å²) in [7, 11) is -2.23. The van der Waals surface area contributed by atoms with Crippen molar-refractivity contribution in [1.82, 2.24) is 0 Å². The van der Waals surface area contributed by atoms with Crippen molar-refractivity contribution in [3.05, 3.63) is 59.7 Å². The van der Waals surface area contributed by atoms with Gasteiger partial charge in [0.15, 0.2) is 15.6 Å². The van der Waals surface area contributed by atoms with Crippen molar-refractivity contribution in [1.29, 1.82) is 5.26 Å². The first-order valence-electron chi connectivity index (χ1n) is 6.36. The Labute approximate surface area is 128 Å². The molecular weight excluding hydrogens is 302 g/mol. The van der Waals surface area contributed by atoms with E-state index in [1.165, 1.54) is 55.6 Å². The molecule has 0 amide bonds. The Hall–Kier alpha value is -2.65. The van der Waals surface area contributed by atoms with Crippen molar-refractivity contribution in [2.45, 2.75) is 4.90 Å². The zero-order valence-electron chi connectivity index (χ0n) is 11.8. The molecular formula is C16H13NO4S. The van der Waals surface area contributed by atoms with Gasteiger partial charge in [-0.05, 0) is 36.4 Å². The van der Waals surface area contributed by atoms with Crippen molar-refractivity contribution in [3.63, 3.8) is 0 Å². The minimum absolute atomic E-state index is 0.0651. The fourth-order valence-electron chi connectivity index (χ4n) is 1.85. The van der Waals surface area contributed by atoms with Gasteiger partial charge >= 0.3 is 0 Å². The second-order valence-corrected chi connectivity index (χ2v) is 6.54. The van der Waals surface area contributed by atoms with Crippen molar-refractivity contribution in [2.75, 3.05) is 12.9 Å². The number of hydrogen-bond acceptors (Lipinski definition) is 5. The summed E-state index contributed by atoms with van der Waals surface area (Å²) >= 11 is 0. The molecule has 0 unspecified atom stereocenters. The van der Waals surface area contributed by atoms with E-state index in [9.17, 15) is 13.2 Å². The zero-order valence-corrected chi connectivity index (χ0v) is 12.6. The Balaban J connectivity index is 2.19. The summed E-state index contributed by atoms with van der Waals surface area (Å²) < 4.78 is 29.4. The number of ether oxygens (including phenoxy) is 1. The lowest BCUT2D eigenvalue weighted by atomic mass is 10.1. The summed E-state index contributed by atoms with van der Waals surface area (Å²) in [5.41, 5.74) is 0.672. The first kappa shape index (κ1) is 15.7. The predicted molar refractivity (Wildman–Crippen MR) is 80.5 cm³/mol. The van der Waals surface area contributed by atoms with Gasteiger partial charge in [-0.15, -0.1) is 0 Å². The average molecular weight is 315 g/mol. The van der Waals surface area contributed by atoms with Crippen LogP contribution >= 0.6 is 0 Å². The molecule has 5 nitrogen and oxygen atoms in total. The molecule has 0 heterocycles. The number of ketones is 1. The fraction of sp³-hybridized carbons (Fsp3) is 0.125. The van der Waals surface area contributed by atoms with E-state index in [4.69, 9.17) is 10.00 Å². The summed E-state index contributed by atoms with van der Waals surface area (Å²) in [6.45, 7) is 0. The van der Waals surface area contributed by atoms with E-state index in [-0.39, 0.29) is 10.5 Å². The Morgan fingerprint density at radius 3 is 2.18 bits per heavy atom. The standard InChI is InChI=1S/C16H13NO4S/c1-21-14-6-8-15(9-7-14)22(19,20)11-16(18)13-4-2-12(10-17)3-5-13/h2-9H,11H2,1H3. The first-order chi connectivity index (χ1) is 10.5. The zero-order chi connectivity index (χ0) is 16.2. The molecule has 0 aliphatic heterocycles. The number of sulfone groups is 1. The number of hydrogen-bond donors (Lipinski definition) is 0.